The molecule has 30 heavy (non-hydrogen) atoms. The molecule has 3 aromatic rings. The average molecular weight is 423 g/mol. The van der Waals surface area contributed by atoms with Gasteiger partial charge < -0.3 is 9.47 Å². The van der Waals surface area contributed by atoms with Crippen LogP contribution in [0.5, 0.6) is 11.5 Å². The van der Waals surface area contributed by atoms with E-state index in [1.807, 2.05) is 24.3 Å². The van der Waals surface area contributed by atoms with Crippen LogP contribution in [0, 0.1) is 6.92 Å². The average Bonchev–Trinajstić information content (AvgIpc) is 2.74. The molecule has 1 N–H and O–H groups in total. The summed E-state index contributed by atoms with van der Waals surface area (Å²) in [7, 11) is 0. The van der Waals surface area contributed by atoms with Crippen LogP contribution in [0.3, 0.4) is 0 Å². The number of ether oxygens (including phenoxy) is 2. The number of rotatable bonds is 8. The van der Waals surface area contributed by atoms with Gasteiger partial charge >= 0.3 is 0 Å². The van der Waals surface area contributed by atoms with Gasteiger partial charge in [0.05, 0.1) is 6.21 Å². The first-order valence-electron chi connectivity index (χ1n) is 9.53. The Labute approximate surface area is 181 Å². The van der Waals surface area contributed by atoms with Gasteiger partial charge in [-0.1, -0.05) is 47.5 Å². The van der Waals surface area contributed by atoms with Crippen molar-refractivity contribution in [2.24, 2.45) is 5.10 Å². The molecule has 0 aliphatic carbocycles. The number of aryl methyl sites for hydroxylation is 1. The Morgan fingerprint density at radius 1 is 1.07 bits per heavy atom. The lowest BCUT2D eigenvalue weighted by Gasteiger charge is -2.12. The van der Waals surface area contributed by atoms with E-state index in [4.69, 9.17) is 21.1 Å². The highest BCUT2D eigenvalue weighted by molar-refractivity contribution is 6.30. The van der Waals surface area contributed by atoms with Gasteiger partial charge in [-0.15, -0.1) is 0 Å². The highest BCUT2D eigenvalue weighted by Gasteiger charge is 2.13. The number of hydrogen-bond acceptors (Lipinski definition) is 4. The van der Waals surface area contributed by atoms with Crippen LogP contribution in [0.15, 0.2) is 77.9 Å². The molecule has 0 unspecified atom stereocenters. The van der Waals surface area contributed by atoms with E-state index in [1.54, 1.807) is 37.4 Å². The van der Waals surface area contributed by atoms with Crippen LogP contribution in [0.2, 0.25) is 5.02 Å². The van der Waals surface area contributed by atoms with Crippen molar-refractivity contribution in [3.63, 3.8) is 0 Å². The zero-order valence-electron chi connectivity index (χ0n) is 16.8. The van der Waals surface area contributed by atoms with Gasteiger partial charge in [0.1, 0.15) is 18.1 Å². The fourth-order valence-corrected chi connectivity index (χ4v) is 2.74. The molecule has 3 rings (SSSR count). The van der Waals surface area contributed by atoms with E-state index in [1.165, 1.54) is 5.56 Å². The summed E-state index contributed by atoms with van der Waals surface area (Å²) in [6.45, 7) is 4.21. The highest BCUT2D eigenvalue weighted by Crippen LogP contribution is 2.18. The van der Waals surface area contributed by atoms with Gasteiger partial charge in [-0.2, -0.15) is 5.10 Å². The van der Waals surface area contributed by atoms with E-state index in [-0.39, 0.29) is 5.91 Å². The van der Waals surface area contributed by atoms with E-state index < -0.39 is 6.10 Å². The maximum atomic E-state index is 12.1. The Morgan fingerprint density at radius 3 is 2.50 bits per heavy atom. The number of carbonyl (C=O) groups excluding carboxylic acids is 1. The van der Waals surface area contributed by atoms with Crippen molar-refractivity contribution in [3.05, 3.63) is 94.5 Å². The molecule has 0 aliphatic heterocycles. The van der Waals surface area contributed by atoms with Crippen molar-refractivity contribution >= 4 is 23.7 Å². The van der Waals surface area contributed by atoms with Crippen LogP contribution in [-0.4, -0.2) is 18.2 Å². The number of hydrazone groups is 1. The Hall–Kier alpha value is -3.31. The third kappa shape index (κ3) is 6.64. The van der Waals surface area contributed by atoms with Crippen molar-refractivity contribution in [2.75, 3.05) is 0 Å². The normalized spacial score (nSPS) is 11.8. The maximum absolute atomic E-state index is 12.1. The van der Waals surface area contributed by atoms with Gasteiger partial charge in [-0.05, 0) is 67.4 Å². The number of hydrogen-bond donors (Lipinski definition) is 1. The van der Waals surface area contributed by atoms with Gasteiger partial charge in [0.25, 0.3) is 5.91 Å². The van der Waals surface area contributed by atoms with E-state index >= 15 is 0 Å². The first-order valence-corrected chi connectivity index (χ1v) is 9.91. The molecule has 6 heteroatoms. The van der Waals surface area contributed by atoms with Crippen LogP contribution in [0.1, 0.15) is 23.6 Å². The lowest BCUT2D eigenvalue weighted by molar-refractivity contribution is -0.127. The summed E-state index contributed by atoms with van der Waals surface area (Å²) in [5.41, 5.74) is 5.64. The molecule has 0 aliphatic rings. The van der Waals surface area contributed by atoms with Crippen molar-refractivity contribution in [3.8, 4) is 11.5 Å². The predicted octanol–water partition coefficient (Wildman–Crippen LogP) is 5.15. The van der Waals surface area contributed by atoms with E-state index in [0.717, 1.165) is 16.9 Å². The summed E-state index contributed by atoms with van der Waals surface area (Å²) >= 11 is 5.91. The molecule has 0 saturated carbocycles. The van der Waals surface area contributed by atoms with Crippen molar-refractivity contribution < 1.29 is 14.3 Å². The Kier molecular flexibility index (Phi) is 7.46. The third-order valence-corrected chi connectivity index (χ3v) is 4.51. The monoisotopic (exact) mass is 422 g/mol. The molecule has 1 amide bonds. The minimum absolute atomic E-state index is 0.357. The second-order valence-corrected chi connectivity index (χ2v) is 7.23. The second kappa shape index (κ2) is 10.5. The first-order chi connectivity index (χ1) is 14.5. The summed E-state index contributed by atoms with van der Waals surface area (Å²) in [5, 5.41) is 4.53. The van der Waals surface area contributed by atoms with Crippen LogP contribution in [-0.2, 0) is 11.4 Å². The SMILES string of the molecule is Cc1ccc(COc2ccc(/C=N\NC(=O)[C@@H](C)Oc3cccc(Cl)c3)cc2)cc1. The molecular weight excluding hydrogens is 400 g/mol. The lowest BCUT2D eigenvalue weighted by Crippen LogP contribution is -2.33. The summed E-state index contributed by atoms with van der Waals surface area (Å²) in [6, 6.07) is 22.6. The molecule has 1 atom stereocenters. The summed E-state index contributed by atoms with van der Waals surface area (Å²) in [5.74, 6) is 0.930. The second-order valence-electron chi connectivity index (χ2n) is 6.80. The number of nitrogens with one attached hydrogen (secondary N) is 1. The van der Waals surface area contributed by atoms with Crippen LogP contribution < -0.4 is 14.9 Å². The molecule has 0 bridgehead atoms. The van der Waals surface area contributed by atoms with E-state index in [0.29, 0.717) is 17.4 Å². The first kappa shape index (κ1) is 21.4. The molecule has 0 heterocycles. The molecule has 0 aromatic heterocycles. The molecule has 0 radical (unpaired) electrons. The van der Waals surface area contributed by atoms with Gasteiger partial charge in [0.15, 0.2) is 6.10 Å². The number of halogens is 1. The molecule has 3 aromatic carbocycles. The van der Waals surface area contributed by atoms with Gasteiger partial charge in [0.2, 0.25) is 0 Å². The summed E-state index contributed by atoms with van der Waals surface area (Å²) in [4.78, 5) is 12.1. The smallest absolute Gasteiger partial charge is 0.280 e. The maximum Gasteiger partial charge on any atom is 0.280 e. The van der Waals surface area contributed by atoms with Crippen LogP contribution in [0.4, 0.5) is 0 Å². The van der Waals surface area contributed by atoms with Crippen molar-refractivity contribution in [2.45, 2.75) is 26.6 Å². The predicted molar refractivity (Wildman–Crippen MR) is 119 cm³/mol. The van der Waals surface area contributed by atoms with E-state index in [9.17, 15) is 4.79 Å². The van der Waals surface area contributed by atoms with Gasteiger partial charge in [0, 0.05) is 5.02 Å². The quantitative estimate of drug-likeness (QED) is 0.403. The summed E-state index contributed by atoms with van der Waals surface area (Å²) < 4.78 is 11.3. The zero-order chi connectivity index (χ0) is 21.3. The van der Waals surface area contributed by atoms with Crippen molar-refractivity contribution in [1.29, 1.82) is 0 Å². The summed E-state index contributed by atoms with van der Waals surface area (Å²) in [6.07, 6.45) is 0.853. The van der Waals surface area contributed by atoms with Crippen LogP contribution in [0.25, 0.3) is 0 Å². The standard InChI is InChI=1S/C24H23ClN2O3/c1-17-6-8-20(9-7-17)16-29-22-12-10-19(11-13-22)15-26-27-24(28)18(2)30-23-5-3-4-21(25)14-23/h3-15,18H,16H2,1-2H3,(H,27,28)/b26-15-/t18-/m1/s1. The van der Waals surface area contributed by atoms with Crippen molar-refractivity contribution in [1.82, 2.24) is 5.43 Å². The molecule has 0 fully saturated rings. The lowest BCUT2D eigenvalue weighted by atomic mass is 10.2. The Morgan fingerprint density at radius 2 is 1.80 bits per heavy atom. The third-order valence-electron chi connectivity index (χ3n) is 4.27. The molecule has 154 valence electrons. The minimum Gasteiger partial charge on any atom is -0.489 e. The highest BCUT2D eigenvalue weighted by atomic mass is 35.5. The number of carbonyl (C=O) groups is 1. The molecule has 0 spiro atoms. The van der Waals surface area contributed by atoms with Gasteiger partial charge in [-0.3, -0.25) is 4.79 Å². The fourth-order valence-electron chi connectivity index (χ4n) is 2.56. The fraction of sp³-hybridized carbons (Fsp3) is 0.167. The Balaban J connectivity index is 1.46. The van der Waals surface area contributed by atoms with Crippen LogP contribution >= 0.6 is 11.6 Å². The topological polar surface area (TPSA) is 59.9 Å². The van der Waals surface area contributed by atoms with Gasteiger partial charge in [-0.25, -0.2) is 5.43 Å². The number of nitrogens with zero attached hydrogens (tertiary/aromatic N) is 1. The minimum atomic E-state index is -0.710. The number of amides is 1. The molecule has 5 nitrogen and oxygen atoms in total. The molecular formula is C24H23ClN2O3. The largest absolute Gasteiger partial charge is 0.489 e. The van der Waals surface area contributed by atoms with E-state index in [2.05, 4.69) is 41.7 Å². The molecule has 0 saturated heterocycles. The zero-order valence-corrected chi connectivity index (χ0v) is 17.6. The Bertz CT molecular complexity index is 1000. The number of benzene rings is 3.